The lowest BCUT2D eigenvalue weighted by atomic mass is 10.0. The number of methoxy groups -OCH3 is 1. The first kappa shape index (κ1) is 33.7. The van der Waals surface area contributed by atoms with E-state index in [1.54, 1.807) is 30.4 Å². The van der Waals surface area contributed by atoms with E-state index in [9.17, 15) is 9.18 Å². The Bertz CT molecular complexity index is 1630. The van der Waals surface area contributed by atoms with Crippen molar-refractivity contribution in [1.29, 1.82) is 0 Å². The molecule has 3 saturated heterocycles. The third-order valence-electron chi connectivity index (χ3n) is 9.26. The van der Waals surface area contributed by atoms with E-state index < -0.39 is 11.9 Å². The molecule has 11 nitrogen and oxygen atoms in total. The molecule has 6 rings (SSSR count). The zero-order valence-corrected chi connectivity index (χ0v) is 28.0. The van der Waals surface area contributed by atoms with Gasteiger partial charge in [-0.15, -0.1) is 6.58 Å². The number of piperidine rings is 1. The number of rotatable bonds is 11. The zero-order valence-electron chi connectivity index (χ0n) is 27.2. The first-order valence-electron chi connectivity index (χ1n) is 16.3. The van der Waals surface area contributed by atoms with E-state index in [1.807, 2.05) is 18.2 Å². The molecule has 3 aromatic rings. The van der Waals surface area contributed by atoms with E-state index in [1.165, 1.54) is 18.5 Å². The van der Waals surface area contributed by atoms with Crippen LogP contribution in [0.25, 0.3) is 0 Å². The van der Waals surface area contributed by atoms with Crippen molar-refractivity contribution >= 4 is 46.2 Å². The molecule has 1 amide bonds. The summed E-state index contributed by atoms with van der Waals surface area (Å²) in [5, 5.41) is 7.95. The summed E-state index contributed by atoms with van der Waals surface area (Å²) in [7, 11) is 1.61. The molecule has 4 heterocycles. The monoisotopic (exact) mass is 676 g/mol. The van der Waals surface area contributed by atoms with Crippen LogP contribution >= 0.6 is 11.6 Å². The molecule has 13 heteroatoms. The Balaban J connectivity index is 1.20. The molecular weight excluding hydrogens is 635 g/mol. The molecule has 2 N–H and O–H groups in total. The lowest BCUT2D eigenvalue weighted by molar-refractivity contribution is -0.111. The number of piperazine rings is 1. The smallest absolute Gasteiger partial charge is 0.247 e. The fraction of sp³-hybridized carbons (Fsp3) is 0.400. The molecule has 48 heavy (non-hydrogen) atoms. The minimum Gasteiger partial charge on any atom is -0.494 e. The Labute approximate surface area is 285 Å². The molecule has 0 bridgehead atoms. The number of carbonyl (C=O) groups is 1. The van der Waals surface area contributed by atoms with E-state index in [2.05, 4.69) is 48.5 Å². The second-order valence-electron chi connectivity index (χ2n) is 12.1. The predicted octanol–water partition coefficient (Wildman–Crippen LogP) is 5.80. The van der Waals surface area contributed by atoms with Gasteiger partial charge in [-0.2, -0.15) is 0 Å². The van der Waals surface area contributed by atoms with Crippen molar-refractivity contribution in [2.24, 2.45) is 0 Å². The summed E-state index contributed by atoms with van der Waals surface area (Å²) < 4.78 is 20.8. The molecule has 0 unspecified atom stereocenters. The van der Waals surface area contributed by atoms with Crippen molar-refractivity contribution in [3.8, 4) is 5.75 Å². The Kier molecular flexibility index (Phi) is 10.8. The average Bonchev–Trinajstić information content (AvgIpc) is 3.60. The third-order valence-corrected chi connectivity index (χ3v) is 9.56. The van der Waals surface area contributed by atoms with Gasteiger partial charge in [0.05, 0.1) is 41.8 Å². The number of anilines is 5. The van der Waals surface area contributed by atoms with Crippen LogP contribution in [0.4, 0.5) is 33.1 Å². The lowest BCUT2D eigenvalue weighted by Crippen LogP contribution is -2.53. The summed E-state index contributed by atoms with van der Waals surface area (Å²) in [5.74, 6) is 0.710. The number of carbonyl (C=O) groups excluding carboxylic acids is 1. The number of nitrogens with one attached hydrogen (secondary N) is 2. The molecule has 254 valence electrons. The van der Waals surface area contributed by atoms with Crippen LogP contribution in [0, 0.1) is 5.82 Å². The van der Waals surface area contributed by atoms with Crippen molar-refractivity contribution in [3.63, 3.8) is 0 Å². The fourth-order valence-electron chi connectivity index (χ4n) is 6.78. The van der Waals surface area contributed by atoms with Gasteiger partial charge >= 0.3 is 0 Å². The summed E-state index contributed by atoms with van der Waals surface area (Å²) in [6.45, 7) is 14.8. The molecule has 0 aliphatic carbocycles. The highest BCUT2D eigenvalue weighted by Gasteiger charge is 2.32. The number of hydrogen-bond acceptors (Lipinski definition) is 10. The second-order valence-corrected chi connectivity index (χ2v) is 12.5. The van der Waals surface area contributed by atoms with E-state index in [4.69, 9.17) is 21.2 Å². The number of nitrogens with zero attached hydrogens (tertiary/aromatic N) is 6. The van der Waals surface area contributed by atoms with E-state index >= 15 is 0 Å². The molecule has 1 aromatic heterocycles. The summed E-state index contributed by atoms with van der Waals surface area (Å²) in [6.07, 6.45) is 7.26. The molecule has 3 fully saturated rings. The van der Waals surface area contributed by atoms with Crippen molar-refractivity contribution in [2.75, 3.05) is 80.1 Å². The molecular formula is C35H42ClFN8O3. The second kappa shape index (κ2) is 15.3. The SMILES string of the molecule is C=CCN1CCN(C2CCN(c3cc(OC)c(Nc4cc(N5OCC[C@@H]5c5cccc(Cl)c5F)ncn4)cc3NC(=O)C=C)CC2)CC1. The first-order valence-corrected chi connectivity index (χ1v) is 16.7. The molecule has 0 saturated carbocycles. The van der Waals surface area contributed by atoms with Crippen LogP contribution < -0.4 is 25.3 Å². The maximum atomic E-state index is 14.9. The molecule has 3 aliphatic heterocycles. The number of halogens is 2. The molecule has 0 radical (unpaired) electrons. The van der Waals surface area contributed by atoms with E-state index in [0.717, 1.165) is 64.3 Å². The van der Waals surface area contributed by atoms with E-state index in [0.29, 0.717) is 53.4 Å². The summed E-state index contributed by atoms with van der Waals surface area (Å²) in [4.78, 5) is 34.6. The predicted molar refractivity (Wildman–Crippen MR) is 188 cm³/mol. The van der Waals surface area contributed by atoms with Gasteiger partial charge in [-0.25, -0.2) is 19.4 Å². The van der Waals surface area contributed by atoms with Gasteiger partial charge in [-0.1, -0.05) is 36.4 Å². The maximum absolute atomic E-state index is 14.9. The van der Waals surface area contributed by atoms with Crippen molar-refractivity contribution in [1.82, 2.24) is 19.8 Å². The normalized spacial score (nSPS) is 19.3. The highest BCUT2D eigenvalue weighted by Crippen LogP contribution is 2.41. The summed E-state index contributed by atoms with van der Waals surface area (Å²) in [5.41, 5.74) is 2.54. The Hall–Kier alpha value is -4.23. The Morgan fingerprint density at radius 2 is 1.88 bits per heavy atom. The topological polar surface area (TPSA) is 98.3 Å². The van der Waals surface area contributed by atoms with Gasteiger partial charge in [-0.05, 0) is 31.1 Å². The van der Waals surface area contributed by atoms with Gasteiger partial charge in [0, 0.05) is 76.0 Å². The zero-order chi connectivity index (χ0) is 33.6. The fourth-order valence-corrected chi connectivity index (χ4v) is 6.96. The summed E-state index contributed by atoms with van der Waals surface area (Å²) in [6, 6.07) is 10.6. The number of aromatic nitrogens is 2. The minimum atomic E-state index is -0.475. The maximum Gasteiger partial charge on any atom is 0.247 e. The molecule has 1 atom stereocenters. The van der Waals surface area contributed by atoms with Crippen LogP contribution in [0.3, 0.4) is 0 Å². The van der Waals surface area contributed by atoms with Crippen molar-refractivity contribution in [3.05, 3.63) is 84.4 Å². The van der Waals surface area contributed by atoms with Crippen LogP contribution in [0.2, 0.25) is 5.02 Å². The van der Waals surface area contributed by atoms with Gasteiger partial charge in [0.25, 0.3) is 0 Å². The first-order chi connectivity index (χ1) is 23.4. The van der Waals surface area contributed by atoms with Crippen LogP contribution in [0.15, 0.2) is 68.0 Å². The largest absolute Gasteiger partial charge is 0.494 e. The third kappa shape index (κ3) is 7.41. The van der Waals surface area contributed by atoms with Gasteiger partial charge in [0.15, 0.2) is 5.82 Å². The van der Waals surface area contributed by atoms with Gasteiger partial charge < -0.3 is 20.3 Å². The lowest BCUT2D eigenvalue weighted by Gasteiger charge is -2.43. The molecule has 3 aliphatic rings. The number of ether oxygens (including phenoxy) is 1. The summed E-state index contributed by atoms with van der Waals surface area (Å²) >= 11 is 6.07. The average molecular weight is 677 g/mol. The standard InChI is InChI=1S/C35H42ClFN8O3/c1-4-12-42-15-17-43(18-16-42)24-9-13-44(14-10-24)30-21-31(47-3)28(20-27(30)41-34(46)5-2)40-32-22-33(39-23-38-32)45-29(11-19-48-45)25-7-6-8-26(36)35(25)37/h4-8,20-24,29H,1-2,9-19H2,3H3,(H,41,46)(H,38,39,40)/t29-/m1/s1. The van der Waals surface area contributed by atoms with Crippen LogP contribution in [-0.2, 0) is 9.63 Å². The highest BCUT2D eigenvalue weighted by molar-refractivity contribution is 6.30. The number of hydroxylamine groups is 1. The van der Waals surface area contributed by atoms with Gasteiger partial charge in [0.2, 0.25) is 5.91 Å². The molecule has 0 spiro atoms. The van der Waals surface area contributed by atoms with E-state index in [-0.39, 0.29) is 10.9 Å². The quantitative estimate of drug-likeness (QED) is 0.192. The number of hydrogen-bond donors (Lipinski definition) is 2. The van der Waals surface area contributed by atoms with Crippen LogP contribution in [-0.4, -0.2) is 91.2 Å². The van der Waals surface area contributed by atoms with Gasteiger partial charge in [0.1, 0.15) is 23.7 Å². The van der Waals surface area contributed by atoms with Crippen molar-refractivity contribution < 1.29 is 18.8 Å². The van der Waals surface area contributed by atoms with Crippen molar-refractivity contribution in [2.45, 2.75) is 31.3 Å². The Morgan fingerprint density at radius 1 is 1.08 bits per heavy atom. The highest BCUT2D eigenvalue weighted by atomic mass is 35.5. The van der Waals surface area contributed by atoms with Crippen LogP contribution in [0.5, 0.6) is 5.75 Å². The Morgan fingerprint density at radius 3 is 2.60 bits per heavy atom. The number of amides is 1. The number of benzene rings is 2. The minimum absolute atomic E-state index is 0.0571. The van der Waals surface area contributed by atoms with Crippen LogP contribution in [0.1, 0.15) is 30.9 Å². The molecule has 2 aromatic carbocycles. The van der Waals surface area contributed by atoms with Gasteiger partial charge in [-0.3, -0.25) is 19.4 Å².